The Balaban J connectivity index is 2.13. The minimum Gasteiger partial charge on any atom is -0.313 e. The van der Waals surface area contributed by atoms with Crippen molar-refractivity contribution in [3.05, 3.63) is 30.1 Å². The van der Waals surface area contributed by atoms with Crippen molar-refractivity contribution in [2.45, 2.75) is 6.04 Å². The molecule has 1 atom stereocenters. The number of pyridine rings is 1. The summed E-state index contributed by atoms with van der Waals surface area (Å²) in [7, 11) is 1.99. The van der Waals surface area contributed by atoms with E-state index in [0.717, 1.165) is 25.2 Å². The Morgan fingerprint density at radius 2 is 2.27 bits per heavy atom. The quantitative estimate of drug-likeness (QED) is 0.699. The van der Waals surface area contributed by atoms with E-state index in [2.05, 4.69) is 15.2 Å². The third-order valence-electron chi connectivity index (χ3n) is 2.78. The molecule has 0 bridgehead atoms. The third kappa shape index (κ3) is 2.22. The van der Waals surface area contributed by atoms with Gasteiger partial charge in [0, 0.05) is 37.6 Å². The molecule has 1 unspecified atom stereocenters. The van der Waals surface area contributed by atoms with Gasteiger partial charge < -0.3 is 5.32 Å². The predicted octanol–water partition coefficient (Wildman–Crippen LogP) is 0.168. The molecule has 0 radical (unpaired) electrons. The lowest BCUT2D eigenvalue weighted by atomic mass is 10.0. The number of nitrogens with one attached hydrogen (secondary N) is 1. The van der Waals surface area contributed by atoms with Crippen LogP contribution in [0.4, 0.5) is 0 Å². The maximum absolute atomic E-state index is 12.1. The first-order valence-corrected chi connectivity index (χ1v) is 5.14. The second-order valence-electron chi connectivity index (χ2n) is 3.80. The van der Waals surface area contributed by atoms with Crippen LogP contribution in [0.1, 0.15) is 10.4 Å². The fourth-order valence-electron chi connectivity index (χ4n) is 1.81. The Morgan fingerprint density at radius 3 is 2.93 bits per heavy atom. The number of piperazine rings is 1. The van der Waals surface area contributed by atoms with Crippen LogP contribution in [0, 0.1) is 0 Å². The van der Waals surface area contributed by atoms with Crippen LogP contribution < -0.4 is 5.32 Å². The predicted molar refractivity (Wildman–Crippen MR) is 57.9 cm³/mol. The Morgan fingerprint density at radius 1 is 1.53 bits per heavy atom. The molecule has 80 valence electrons. The number of likely N-dealkylation sites (N-methyl/N-ethyl adjacent to an activating group) is 1. The van der Waals surface area contributed by atoms with Crippen molar-refractivity contribution < 1.29 is 4.79 Å². The fourth-order valence-corrected chi connectivity index (χ4v) is 1.81. The number of nitrogens with zero attached hydrogens (tertiary/aromatic N) is 2. The van der Waals surface area contributed by atoms with Crippen molar-refractivity contribution in [3.63, 3.8) is 0 Å². The van der Waals surface area contributed by atoms with Gasteiger partial charge in [0.2, 0.25) is 0 Å². The molecular formula is C11H15N3O. The largest absolute Gasteiger partial charge is 0.313 e. The van der Waals surface area contributed by atoms with Gasteiger partial charge in [-0.3, -0.25) is 14.7 Å². The maximum atomic E-state index is 12.1. The van der Waals surface area contributed by atoms with E-state index in [1.54, 1.807) is 24.5 Å². The highest BCUT2D eigenvalue weighted by molar-refractivity contribution is 6.00. The number of carbonyl (C=O) groups is 1. The van der Waals surface area contributed by atoms with Crippen molar-refractivity contribution in [2.75, 3.05) is 26.7 Å². The Hall–Kier alpha value is -1.26. The van der Waals surface area contributed by atoms with Crippen LogP contribution >= 0.6 is 0 Å². The molecule has 1 aromatic rings. The van der Waals surface area contributed by atoms with Crippen LogP contribution in [-0.4, -0.2) is 48.4 Å². The SMILES string of the molecule is CN1CCNCC1C(=O)c1ccncc1. The average Bonchev–Trinajstić information content (AvgIpc) is 2.30. The molecule has 1 aromatic heterocycles. The third-order valence-corrected chi connectivity index (χ3v) is 2.78. The van der Waals surface area contributed by atoms with Gasteiger partial charge in [-0.15, -0.1) is 0 Å². The summed E-state index contributed by atoms with van der Waals surface area (Å²) in [5.41, 5.74) is 0.741. The highest BCUT2D eigenvalue weighted by Crippen LogP contribution is 2.08. The van der Waals surface area contributed by atoms with Crippen molar-refractivity contribution in [3.8, 4) is 0 Å². The molecule has 0 aliphatic carbocycles. The van der Waals surface area contributed by atoms with Gasteiger partial charge in [0.25, 0.3) is 0 Å². The van der Waals surface area contributed by atoms with E-state index in [1.165, 1.54) is 0 Å². The number of rotatable bonds is 2. The Kier molecular flexibility index (Phi) is 3.08. The number of aromatic nitrogens is 1. The minimum atomic E-state index is -0.0406. The van der Waals surface area contributed by atoms with E-state index in [0.29, 0.717) is 0 Å². The van der Waals surface area contributed by atoms with Gasteiger partial charge >= 0.3 is 0 Å². The van der Waals surface area contributed by atoms with E-state index in [4.69, 9.17) is 0 Å². The molecule has 1 saturated heterocycles. The Labute approximate surface area is 89.3 Å². The molecule has 2 rings (SSSR count). The summed E-state index contributed by atoms with van der Waals surface area (Å²) in [6.07, 6.45) is 3.31. The summed E-state index contributed by atoms with van der Waals surface area (Å²) < 4.78 is 0. The van der Waals surface area contributed by atoms with Crippen LogP contribution in [-0.2, 0) is 0 Å². The topological polar surface area (TPSA) is 45.2 Å². The molecule has 1 fully saturated rings. The van der Waals surface area contributed by atoms with Gasteiger partial charge in [0.05, 0.1) is 6.04 Å². The summed E-state index contributed by atoms with van der Waals surface area (Å²) >= 11 is 0. The fraction of sp³-hybridized carbons (Fsp3) is 0.455. The van der Waals surface area contributed by atoms with Gasteiger partial charge in [-0.2, -0.15) is 0 Å². The number of ketones is 1. The molecule has 1 aliphatic rings. The zero-order valence-corrected chi connectivity index (χ0v) is 8.81. The molecular weight excluding hydrogens is 190 g/mol. The van der Waals surface area contributed by atoms with Crippen LogP contribution in [0.3, 0.4) is 0 Å². The van der Waals surface area contributed by atoms with E-state index in [-0.39, 0.29) is 11.8 Å². The van der Waals surface area contributed by atoms with Gasteiger partial charge in [-0.05, 0) is 19.2 Å². The molecule has 0 spiro atoms. The number of hydrogen-bond acceptors (Lipinski definition) is 4. The monoisotopic (exact) mass is 205 g/mol. The number of Topliss-reactive ketones (excluding diaryl/α,β-unsaturated/α-hetero) is 1. The van der Waals surface area contributed by atoms with Crippen LogP contribution in [0.5, 0.6) is 0 Å². The summed E-state index contributed by atoms with van der Waals surface area (Å²) in [6.45, 7) is 2.61. The average molecular weight is 205 g/mol. The van der Waals surface area contributed by atoms with Crippen LogP contribution in [0.15, 0.2) is 24.5 Å². The van der Waals surface area contributed by atoms with Gasteiger partial charge in [-0.1, -0.05) is 0 Å². The lowest BCUT2D eigenvalue weighted by Gasteiger charge is -2.31. The zero-order valence-electron chi connectivity index (χ0n) is 8.81. The first kappa shape index (κ1) is 10.3. The van der Waals surface area contributed by atoms with E-state index in [1.807, 2.05) is 7.05 Å². The van der Waals surface area contributed by atoms with Crippen molar-refractivity contribution >= 4 is 5.78 Å². The highest BCUT2D eigenvalue weighted by atomic mass is 16.1. The standard InChI is InChI=1S/C11H15N3O/c1-14-7-6-13-8-10(14)11(15)9-2-4-12-5-3-9/h2-5,10,13H,6-8H2,1H3. The Bertz CT molecular complexity index is 339. The molecule has 15 heavy (non-hydrogen) atoms. The smallest absolute Gasteiger partial charge is 0.181 e. The second kappa shape index (κ2) is 4.51. The molecule has 0 aromatic carbocycles. The van der Waals surface area contributed by atoms with Crippen molar-refractivity contribution in [2.24, 2.45) is 0 Å². The van der Waals surface area contributed by atoms with Crippen molar-refractivity contribution in [1.82, 2.24) is 15.2 Å². The number of carbonyl (C=O) groups excluding carboxylic acids is 1. The maximum Gasteiger partial charge on any atom is 0.181 e. The van der Waals surface area contributed by atoms with Crippen LogP contribution in [0.25, 0.3) is 0 Å². The summed E-state index contributed by atoms with van der Waals surface area (Å²) in [4.78, 5) is 18.1. The van der Waals surface area contributed by atoms with Gasteiger partial charge in [-0.25, -0.2) is 0 Å². The van der Waals surface area contributed by atoms with Crippen molar-refractivity contribution in [1.29, 1.82) is 0 Å². The second-order valence-corrected chi connectivity index (χ2v) is 3.80. The molecule has 0 saturated carbocycles. The lowest BCUT2D eigenvalue weighted by Crippen LogP contribution is -2.53. The normalized spacial score (nSPS) is 22.6. The molecule has 0 amide bonds. The minimum absolute atomic E-state index is 0.0406. The summed E-state index contributed by atoms with van der Waals surface area (Å²) in [5.74, 6) is 0.173. The molecule has 1 aliphatic heterocycles. The van der Waals surface area contributed by atoms with Gasteiger partial charge in [0.1, 0.15) is 0 Å². The summed E-state index contributed by atoms with van der Waals surface area (Å²) in [6, 6.07) is 3.50. The zero-order chi connectivity index (χ0) is 10.7. The van der Waals surface area contributed by atoms with Gasteiger partial charge in [0.15, 0.2) is 5.78 Å². The molecule has 2 heterocycles. The van der Waals surface area contributed by atoms with E-state index < -0.39 is 0 Å². The lowest BCUT2D eigenvalue weighted by molar-refractivity contribution is 0.0819. The van der Waals surface area contributed by atoms with Crippen LogP contribution in [0.2, 0.25) is 0 Å². The molecule has 4 nitrogen and oxygen atoms in total. The first-order valence-electron chi connectivity index (χ1n) is 5.14. The number of hydrogen-bond donors (Lipinski definition) is 1. The molecule has 4 heteroatoms. The van der Waals surface area contributed by atoms with E-state index >= 15 is 0 Å². The summed E-state index contributed by atoms with van der Waals surface area (Å²) in [5, 5.41) is 3.24. The highest BCUT2D eigenvalue weighted by Gasteiger charge is 2.26. The van der Waals surface area contributed by atoms with E-state index in [9.17, 15) is 4.79 Å². The molecule has 1 N–H and O–H groups in total. The first-order chi connectivity index (χ1) is 7.29.